The zero-order valence-electron chi connectivity index (χ0n) is 15.3. The molecule has 1 atom stereocenters. The SMILES string of the molecule is Cc1ccnc(-c2nc(-c3ccc4c(c3)cc3n4CC[C@@H]3CC(=O)O)no2)c1. The molecule has 0 bridgehead atoms. The lowest BCUT2D eigenvalue weighted by molar-refractivity contribution is -0.137. The van der Waals surface area contributed by atoms with Crippen LogP contribution >= 0.6 is 0 Å². The molecular weight excluding hydrogens is 356 g/mol. The molecule has 140 valence electrons. The second-order valence-electron chi connectivity index (χ2n) is 7.22. The number of pyridine rings is 1. The molecule has 0 amide bonds. The Morgan fingerprint density at radius 3 is 3.00 bits per heavy atom. The Balaban J connectivity index is 1.50. The van der Waals surface area contributed by atoms with E-state index in [1.807, 2.05) is 37.3 Å². The number of aryl methyl sites for hydroxylation is 2. The molecule has 0 fully saturated rings. The van der Waals surface area contributed by atoms with Crippen LogP contribution < -0.4 is 0 Å². The van der Waals surface area contributed by atoms with Gasteiger partial charge in [-0.25, -0.2) is 0 Å². The summed E-state index contributed by atoms with van der Waals surface area (Å²) in [6, 6.07) is 11.9. The van der Waals surface area contributed by atoms with Crippen molar-refractivity contribution in [3.05, 3.63) is 53.9 Å². The lowest BCUT2D eigenvalue weighted by Crippen LogP contribution is -2.02. The van der Waals surface area contributed by atoms with Crippen molar-refractivity contribution >= 4 is 16.9 Å². The topological polar surface area (TPSA) is 94.0 Å². The average Bonchev–Trinajstić information content (AvgIpc) is 3.37. The third-order valence-electron chi connectivity index (χ3n) is 5.29. The molecule has 28 heavy (non-hydrogen) atoms. The normalized spacial score (nSPS) is 15.8. The van der Waals surface area contributed by atoms with Gasteiger partial charge >= 0.3 is 5.97 Å². The maximum absolute atomic E-state index is 11.1. The first-order chi connectivity index (χ1) is 13.6. The molecule has 0 unspecified atom stereocenters. The Hall–Kier alpha value is -3.48. The van der Waals surface area contributed by atoms with Crippen molar-refractivity contribution in [2.45, 2.75) is 32.2 Å². The molecule has 0 aliphatic carbocycles. The fraction of sp³-hybridized carbons (Fsp3) is 0.238. The third kappa shape index (κ3) is 2.76. The molecule has 4 aromatic rings. The molecule has 7 nitrogen and oxygen atoms in total. The van der Waals surface area contributed by atoms with Crippen LogP contribution in [-0.2, 0) is 11.3 Å². The van der Waals surface area contributed by atoms with E-state index in [-0.39, 0.29) is 12.3 Å². The number of fused-ring (bicyclic) bond motifs is 3. The van der Waals surface area contributed by atoms with Crippen LogP contribution in [0.3, 0.4) is 0 Å². The van der Waals surface area contributed by atoms with Crippen LogP contribution in [0.25, 0.3) is 33.9 Å². The van der Waals surface area contributed by atoms with Crippen molar-refractivity contribution in [3.8, 4) is 23.0 Å². The molecule has 5 rings (SSSR count). The Labute approximate surface area is 160 Å². The van der Waals surface area contributed by atoms with E-state index in [1.165, 1.54) is 0 Å². The van der Waals surface area contributed by atoms with Crippen LogP contribution in [0.15, 0.2) is 47.1 Å². The third-order valence-corrected chi connectivity index (χ3v) is 5.29. The van der Waals surface area contributed by atoms with E-state index >= 15 is 0 Å². The van der Waals surface area contributed by atoms with Gasteiger partial charge in [0.25, 0.3) is 5.89 Å². The summed E-state index contributed by atoms with van der Waals surface area (Å²) in [6.07, 6.45) is 2.76. The molecule has 1 N–H and O–H groups in total. The average molecular weight is 374 g/mol. The zero-order valence-corrected chi connectivity index (χ0v) is 15.3. The predicted molar refractivity (Wildman–Crippen MR) is 103 cm³/mol. The lowest BCUT2D eigenvalue weighted by Gasteiger charge is -2.04. The molecule has 0 saturated carbocycles. The maximum Gasteiger partial charge on any atom is 0.304 e. The quantitative estimate of drug-likeness (QED) is 0.580. The molecule has 1 aliphatic rings. The van der Waals surface area contributed by atoms with Crippen molar-refractivity contribution in [3.63, 3.8) is 0 Å². The number of hydrogen-bond acceptors (Lipinski definition) is 5. The minimum atomic E-state index is -0.756. The molecule has 0 saturated heterocycles. The van der Waals surface area contributed by atoms with Gasteiger partial charge in [0.05, 0.1) is 6.42 Å². The van der Waals surface area contributed by atoms with Gasteiger partial charge in [0.2, 0.25) is 5.82 Å². The van der Waals surface area contributed by atoms with Gasteiger partial charge in [0.15, 0.2) is 0 Å². The first-order valence-electron chi connectivity index (χ1n) is 9.20. The first kappa shape index (κ1) is 16.7. The predicted octanol–water partition coefficient (Wildman–Crippen LogP) is 4.02. The van der Waals surface area contributed by atoms with Crippen molar-refractivity contribution < 1.29 is 14.4 Å². The lowest BCUT2D eigenvalue weighted by atomic mass is 10.0. The summed E-state index contributed by atoms with van der Waals surface area (Å²) in [6.45, 7) is 2.84. The molecule has 0 spiro atoms. The Morgan fingerprint density at radius 1 is 1.29 bits per heavy atom. The first-order valence-corrected chi connectivity index (χ1v) is 9.20. The second kappa shape index (κ2) is 6.30. The smallest absolute Gasteiger partial charge is 0.304 e. The zero-order chi connectivity index (χ0) is 19.3. The van der Waals surface area contributed by atoms with E-state index in [2.05, 4.69) is 25.8 Å². The monoisotopic (exact) mass is 374 g/mol. The molecule has 7 heteroatoms. The van der Waals surface area contributed by atoms with E-state index in [4.69, 9.17) is 9.63 Å². The molecule has 0 radical (unpaired) electrons. The number of rotatable bonds is 4. The minimum Gasteiger partial charge on any atom is -0.481 e. The van der Waals surface area contributed by atoms with Gasteiger partial charge in [-0.15, -0.1) is 0 Å². The minimum absolute atomic E-state index is 0.0672. The van der Waals surface area contributed by atoms with Gasteiger partial charge in [-0.3, -0.25) is 9.78 Å². The van der Waals surface area contributed by atoms with Gasteiger partial charge in [-0.1, -0.05) is 5.16 Å². The van der Waals surface area contributed by atoms with Crippen LogP contribution in [0.2, 0.25) is 0 Å². The summed E-state index contributed by atoms with van der Waals surface area (Å²) in [5.74, 6) is 0.208. The summed E-state index contributed by atoms with van der Waals surface area (Å²) in [7, 11) is 0. The summed E-state index contributed by atoms with van der Waals surface area (Å²) < 4.78 is 7.61. The summed E-state index contributed by atoms with van der Waals surface area (Å²) >= 11 is 0. The van der Waals surface area contributed by atoms with Crippen molar-refractivity contribution in [1.82, 2.24) is 19.7 Å². The van der Waals surface area contributed by atoms with Gasteiger partial charge in [0, 0.05) is 40.8 Å². The number of aliphatic carboxylic acids is 1. The summed E-state index contributed by atoms with van der Waals surface area (Å²) in [5.41, 5.74) is 4.78. The molecule has 3 aromatic heterocycles. The van der Waals surface area contributed by atoms with Crippen LogP contribution in [0, 0.1) is 6.92 Å². The summed E-state index contributed by atoms with van der Waals surface area (Å²) in [4.78, 5) is 19.9. The highest BCUT2D eigenvalue weighted by molar-refractivity contribution is 5.86. The van der Waals surface area contributed by atoms with Gasteiger partial charge in [-0.05, 0) is 55.3 Å². The number of aromatic nitrogens is 4. The van der Waals surface area contributed by atoms with Crippen molar-refractivity contribution in [2.24, 2.45) is 0 Å². The van der Waals surface area contributed by atoms with E-state index < -0.39 is 5.97 Å². The number of hydrogen-bond donors (Lipinski definition) is 1. The van der Waals surface area contributed by atoms with Crippen molar-refractivity contribution in [1.29, 1.82) is 0 Å². The van der Waals surface area contributed by atoms with Crippen LogP contribution in [0.4, 0.5) is 0 Å². The Morgan fingerprint density at radius 2 is 2.18 bits per heavy atom. The molecular formula is C21H18N4O3. The number of carbonyl (C=O) groups is 1. The largest absolute Gasteiger partial charge is 0.481 e. The van der Waals surface area contributed by atoms with E-state index in [0.29, 0.717) is 17.4 Å². The Kier molecular flexibility index (Phi) is 3.75. The van der Waals surface area contributed by atoms with Crippen molar-refractivity contribution in [2.75, 3.05) is 0 Å². The fourth-order valence-electron chi connectivity index (χ4n) is 3.97. The molecule has 1 aromatic carbocycles. The number of benzene rings is 1. The standard InChI is InChI=1S/C21H18N4O3/c1-12-4-6-22-16(8-12)21-23-20(24-28-21)14-2-3-17-15(9-14)10-18-13(11-19(26)27)5-7-25(17)18/h2-4,6,8-10,13H,5,7,11H2,1H3,(H,26,27)/t13-/m1/s1. The highest BCUT2D eigenvalue weighted by atomic mass is 16.5. The van der Waals surface area contributed by atoms with Gasteiger partial charge in [0.1, 0.15) is 5.69 Å². The van der Waals surface area contributed by atoms with E-state index in [1.54, 1.807) is 6.20 Å². The van der Waals surface area contributed by atoms with Gasteiger partial charge < -0.3 is 14.2 Å². The number of carboxylic acids is 1. The van der Waals surface area contributed by atoms with Crippen LogP contribution in [0.5, 0.6) is 0 Å². The Bertz CT molecular complexity index is 1210. The number of nitrogens with zero attached hydrogens (tertiary/aromatic N) is 4. The summed E-state index contributed by atoms with van der Waals surface area (Å²) in [5, 5.41) is 14.3. The highest BCUT2D eigenvalue weighted by Crippen LogP contribution is 2.37. The number of carboxylic acid groups (broad SMARTS) is 1. The van der Waals surface area contributed by atoms with Gasteiger partial charge in [-0.2, -0.15) is 4.98 Å². The second-order valence-corrected chi connectivity index (χ2v) is 7.22. The molecule has 1 aliphatic heterocycles. The van der Waals surface area contributed by atoms with E-state index in [0.717, 1.165) is 40.7 Å². The van der Waals surface area contributed by atoms with E-state index in [9.17, 15) is 4.79 Å². The highest BCUT2D eigenvalue weighted by Gasteiger charge is 2.27. The molecule has 4 heterocycles. The fourth-order valence-corrected chi connectivity index (χ4v) is 3.97. The van der Waals surface area contributed by atoms with Crippen LogP contribution in [0.1, 0.15) is 30.0 Å². The van der Waals surface area contributed by atoms with Crippen LogP contribution in [-0.4, -0.2) is 30.8 Å². The maximum atomic E-state index is 11.1.